The van der Waals surface area contributed by atoms with Crippen LogP contribution in [-0.4, -0.2) is 34.0 Å². The molecule has 0 aliphatic carbocycles. The zero-order chi connectivity index (χ0) is 19.7. The van der Waals surface area contributed by atoms with E-state index in [0.29, 0.717) is 34.3 Å². The van der Waals surface area contributed by atoms with E-state index < -0.39 is 4.92 Å². The number of nitrogens with zero attached hydrogens (tertiary/aromatic N) is 3. The summed E-state index contributed by atoms with van der Waals surface area (Å²) in [7, 11) is 1.57. The van der Waals surface area contributed by atoms with E-state index in [9.17, 15) is 14.9 Å². The Kier molecular flexibility index (Phi) is 4.79. The van der Waals surface area contributed by atoms with Crippen LogP contribution in [0.4, 0.5) is 11.4 Å². The van der Waals surface area contributed by atoms with Gasteiger partial charge in [0.25, 0.3) is 11.2 Å². The molecule has 0 unspecified atom stereocenters. The summed E-state index contributed by atoms with van der Waals surface area (Å²) >= 11 is 0. The third-order valence-electron chi connectivity index (χ3n) is 4.97. The van der Waals surface area contributed by atoms with Crippen molar-refractivity contribution < 1.29 is 9.66 Å². The van der Waals surface area contributed by atoms with E-state index in [-0.39, 0.29) is 17.4 Å². The molecule has 8 nitrogen and oxygen atoms in total. The Morgan fingerprint density at radius 1 is 1.29 bits per heavy atom. The van der Waals surface area contributed by atoms with Gasteiger partial charge in [-0.1, -0.05) is 24.3 Å². The molecule has 28 heavy (non-hydrogen) atoms. The number of ether oxygens (including phenoxy) is 1. The van der Waals surface area contributed by atoms with Crippen LogP contribution >= 0.6 is 0 Å². The van der Waals surface area contributed by atoms with Crippen LogP contribution in [0.5, 0.6) is 0 Å². The monoisotopic (exact) mass is 380 g/mol. The van der Waals surface area contributed by atoms with E-state index in [4.69, 9.17) is 4.74 Å². The van der Waals surface area contributed by atoms with Gasteiger partial charge in [-0.05, 0) is 25.0 Å². The van der Waals surface area contributed by atoms with Crippen LogP contribution in [0.15, 0.2) is 47.3 Å². The Morgan fingerprint density at radius 2 is 2.07 bits per heavy atom. The molecule has 0 radical (unpaired) electrons. The van der Waals surface area contributed by atoms with Crippen molar-refractivity contribution in [1.29, 1.82) is 0 Å². The van der Waals surface area contributed by atoms with E-state index in [0.717, 1.165) is 19.4 Å². The zero-order valence-electron chi connectivity index (χ0n) is 15.4. The number of aryl methyl sites for hydroxylation is 1. The predicted octanol–water partition coefficient (Wildman–Crippen LogP) is 3.10. The van der Waals surface area contributed by atoms with E-state index in [2.05, 4.69) is 10.4 Å². The highest BCUT2D eigenvalue weighted by Crippen LogP contribution is 2.32. The minimum absolute atomic E-state index is 0.0322. The molecule has 3 aromatic rings. The second-order valence-corrected chi connectivity index (χ2v) is 6.83. The summed E-state index contributed by atoms with van der Waals surface area (Å²) in [5.41, 5.74) is 1.32. The van der Waals surface area contributed by atoms with Crippen LogP contribution in [0.1, 0.15) is 12.8 Å². The van der Waals surface area contributed by atoms with Gasteiger partial charge in [-0.3, -0.25) is 14.9 Å². The summed E-state index contributed by atoms with van der Waals surface area (Å²) in [5.74, 6) is 0. The number of anilines is 1. The van der Waals surface area contributed by atoms with Crippen molar-refractivity contribution in [3.63, 3.8) is 0 Å². The molecule has 1 aliphatic rings. The molecule has 0 saturated carbocycles. The predicted molar refractivity (Wildman–Crippen MR) is 107 cm³/mol. The van der Waals surface area contributed by atoms with Crippen LogP contribution in [-0.2, 0) is 11.8 Å². The van der Waals surface area contributed by atoms with Crippen molar-refractivity contribution in [3.05, 3.63) is 62.9 Å². The lowest BCUT2D eigenvalue weighted by atomic mass is 10.0. The highest BCUT2D eigenvalue weighted by molar-refractivity contribution is 5.94. The van der Waals surface area contributed by atoms with Gasteiger partial charge in [0.2, 0.25) is 0 Å². The third-order valence-corrected chi connectivity index (χ3v) is 4.97. The Bertz CT molecular complexity index is 1100. The quantitative estimate of drug-likeness (QED) is 0.539. The molecule has 1 saturated heterocycles. The lowest BCUT2D eigenvalue weighted by Gasteiger charge is -2.13. The average Bonchev–Trinajstić information content (AvgIpc) is 3.23. The summed E-state index contributed by atoms with van der Waals surface area (Å²) in [5, 5.41) is 20.3. The molecule has 0 spiro atoms. The van der Waals surface area contributed by atoms with E-state index in [1.54, 1.807) is 37.4 Å². The smallest absolute Gasteiger partial charge is 0.292 e. The SMILES string of the molecule is Cn1nc(-c2ccc(NC[C@@H]3CCCO3)c([N+](=O)[O-])c2)c2ccccc2c1=O. The number of rotatable bonds is 5. The van der Waals surface area contributed by atoms with Crippen molar-refractivity contribution in [2.24, 2.45) is 7.05 Å². The molecule has 0 bridgehead atoms. The number of nitrogens with one attached hydrogen (secondary N) is 1. The first kappa shape index (κ1) is 18.1. The number of fused-ring (bicyclic) bond motifs is 1. The van der Waals surface area contributed by atoms with Gasteiger partial charge in [0.1, 0.15) is 5.69 Å². The summed E-state index contributed by atoms with van der Waals surface area (Å²) in [6.07, 6.45) is 2.04. The first-order valence-electron chi connectivity index (χ1n) is 9.15. The Labute approximate surface area is 160 Å². The molecule has 8 heteroatoms. The number of nitro groups is 1. The Hall–Kier alpha value is -3.26. The van der Waals surface area contributed by atoms with Crippen molar-refractivity contribution in [1.82, 2.24) is 9.78 Å². The largest absolute Gasteiger partial charge is 0.377 e. The minimum atomic E-state index is -0.411. The van der Waals surface area contributed by atoms with Gasteiger partial charge in [0.15, 0.2) is 0 Å². The molecule has 144 valence electrons. The van der Waals surface area contributed by atoms with E-state index in [1.165, 1.54) is 10.7 Å². The second kappa shape index (κ2) is 7.40. The minimum Gasteiger partial charge on any atom is -0.377 e. The molecule has 4 rings (SSSR count). The fourth-order valence-corrected chi connectivity index (χ4v) is 3.52. The van der Waals surface area contributed by atoms with Gasteiger partial charge >= 0.3 is 0 Å². The first-order valence-corrected chi connectivity index (χ1v) is 9.15. The fraction of sp³-hybridized carbons (Fsp3) is 0.300. The van der Waals surface area contributed by atoms with Gasteiger partial charge in [-0.2, -0.15) is 5.10 Å². The molecule has 1 fully saturated rings. The van der Waals surface area contributed by atoms with Gasteiger partial charge in [-0.15, -0.1) is 0 Å². The molecular formula is C20H20N4O4. The van der Waals surface area contributed by atoms with E-state index in [1.807, 2.05) is 6.07 Å². The van der Waals surface area contributed by atoms with Gasteiger partial charge in [0, 0.05) is 37.2 Å². The zero-order valence-corrected chi connectivity index (χ0v) is 15.4. The molecule has 0 amide bonds. The topological polar surface area (TPSA) is 99.3 Å². The Morgan fingerprint density at radius 3 is 2.79 bits per heavy atom. The van der Waals surface area contributed by atoms with Crippen LogP contribution in [0.2, 0.25) is 0 Å². The van der Waals surface area contributed by atoms with Gasteiger partial charge in [-0.25, -0.2) is 4.68 Å². The van der Waals surface area contributed by atoms with Crippen LogP contribution in [0.25, 0.3) is 22.0 Å². The molecule has 1 aromatic heterocycles. The lowest BCUT2D eigenvalue weighted by Crippen LogP contribution is -2.20. The molecular weight excluding hydrogens is 360 g/mol. The molecule has 2 aromatic carbocycles. The maximum Gasteiger partial charge on any atom is 0.292 e. The van der Waals surface area contributed by atoms with Crippen molar-refractivity contribution in [2.75, 3.05) is 18.5 Å². The number of benzene rings is 2. The number of hydrogen-bond acceptors (Lipinski definition) is 6. The first-order chi connectivity index (χ1) is 13.5. The summed E-state index contributed by atoms with van der Waals surface area (Å²) < 4.78 is 6.82. The second-order valence-electron chi connectivity index (χ2n) is 6.83. The lowest BCUT2D eigenvalue weighted by molar-refractivity contribution is -0.383. The Balaban J connectivity index is 1.76. The number of hydrogen-bond donors (Lipinski definition) is 1. The maximum absolute atomic E-state index is 12.3. The summed E-state index contributed by atoms with van der Waals surface area (Å²) in [6, 6.07) is 12.1. The van der Waals surface area contributed by atoms with Gasteiger partial charge < -0.3 is 10.1 Å². The van der Waals surface area contributed by atoms with Gasteiger partial charge in [0.05, 0.1) is 22.1 Å². The fourth-order valence-electron chi connectivity index (χ4n) is 3.52. The molecule has 1 aliphatic heterocycles. The highest BCUT2D eigenvalue weighted by Gasteiger charge is 2.20. The summed E-state index contributed by atoms with van der Waals surface area (Å²) in [6.45, 7) is 1.26. The summed E-state index contributed by atoms with van der Waals surface area (Å²) in [4.78, 5) is 23.6. The van der Waals surface area contributed by atoms with Crippen molar-refractivity contribution in [3.8, 4) is 11.3 Å². The molecule has 1 atom stereocenters. The van der Waals surface area contributed by atoms with Crippen LogP contribution in [0.3, 0.4) is 0 Å². The standard InChI is InChI=1S/C20H20N4O4/c1-23-20(25)16-7-3-2-6-15(16)19(22-23)13-8-9-17(18(11-13)24(26)27)21-12-14-5-4-10-28-14/h2-3,6-9,11,14,21H,4-5,10,12H2,1H3/t14-/m0/s1. The third kappa shape index (κ3) is 3.34. The van der Waals surface area contributed by atoms with Crippen LogP contribution in [0, 0.1) is 10.1 Å². The van der Waals surface area contributed by atoms with Crippen molar-refractivity contribution >= 4 is 22.1 Å². The normalized spacial score (nSPS) is 16.4. The molecule has 2 heterocycles. The average molecular weight is 380 g/mol. The number of aromatic nitrogens is 2. The van der Waals surface area contributed by atoms with Crippen LogP contribution < -0.4 is 10.9 Å². The highest BCUT2D eigenvalue weighted by atomic mass is 16.6. The molecule has 1 N–H and O–H groups in total. The van der Waals surface area contributed by atoms with E-state index >= 15 is 0 Å². The number of nitro benzene ring substituents is 1. The maximum atomic E-state index is 12.3. The van der Waals surface area contributed by atoms with Crippen molar-refractivity contribution in [2.45, 2.75) is 18.9 Å².